The number of anilines is 1. The summed E-state index contributed by atoms with van der Waals surface area (Å²) in [6.07, 6.45) is 1.87. The van der Waals surface area contributed by atoms with Gasteiger partial charge < -0.3 is 5.73 Å². The van der Waals surface area contributed by atoms with Crippen LogP contribution in [0.4, 0.5) is 5.82 Å². The standard InChI is InChI=1S/C10H10IN3/c1-7-8(11)3-2-4-9(7)14-6-5-10(12)13-14/h2-6H,1H3,(H2,12,13). The van der Waals surface area contributed by atoms with E-state index in [-0.39, 0.29) is 0 Å². The molecule has 72 valence electrons. The van der Waals surface area contributed by atoms with Crippen molar-refractivity contribution in [1.29, 1.82) is 0 Å². The first-order chi connectivity index (χ1) is 6.68. The number of nitrogens with two attached hydrogens (primary N) is 1. The molecule has 1 heterocycles. The first-order valence-electron chi connectivity index (χ1n) is 4.25. The minimum atomic E-state index is 0.545. The molecule has 0 amide bonds. The Morgan fingerprint density at radius 2 is 2.14 bits per heavy atom. The fourth-order valence-electron chi connectivity index (χ4n) is 1.32. The molecule has 0 aliphatic rings. The molecule has 2 N–H and O–H groups in total. The van der Waals surface area contributed by atoms with Crippen LogP contribution in [0.15, 0.2) is 30.5 Å². The van der Waals surface area contributed by atoms with Gasteiger partial charge >= 0.3 is 0 Å². The van der Waals surface area contributed by atoms with E-state index in [1.807, 2.05) is 18.3 Å². The molecular formula is C10H10IN3. The van der Waals surface area contributed by atoms with Crippen molar-refractivity contribution < 1.29 is 0 Å². The molecule has 4 heteroatoms. The molecule has 0 aliphatic heterocycles. The van der Waals surface area contributed by atoms with Gasteiger partial charge in [-0.3, -0.25) is 0 Å². The van der Waals surface area contributed by atoms with Crippen LogP contribution < -0.4 is 5.73 Å². The Balaban J connectivity index is 2.57. The van der Waals surface area contributed by atoms with E-state index >= 15 is 0 Å². The summed E-state index contributed by atoms with van der Waals surface area (Å²) in [6, 6.07) is 7.91. The number of hydrogen-bond donors (Lipinski definition) is 1. The third-order valence-corrected chi connectivity index (χ3v) is 3.26. The Bertz CT molecular complexity index is 462. The van der Waals surface area contributed by atoms with Gasteiger partial charge in [0.2, 0.25) is 0 Å². The van der Waals surface area contributed by atoms with Crippen LogP contribution >= 0.6 is 22.6 Å². The molecular weight excluding hydrogens is 289 g/mol. The zero-order valence-electron chi connectivity index (χ0n) is 7.74. The summed E-state index contributed by atoms with van der Waals surface area (Å²) < 4.78 is 3.03. The van der Waals surface area contributed by atoms with Crippen LogP contribution in [0.3, 0.4) is 0 Å². The van der Waals surface area contributed by atoms with Crippen LogP contribution in [-0.2, 0) is 0 Å². The van der Waals surface area contributed by atoms with Crippen molar-refractivity contribution in [2.45, 2.75) is 6.92 Å². The van der Waals surface area contributed by atoms with E-state index in [4.69, 9.17) is 5.73 Å². The van der Waals surface area contributed by atoms with E-state index in [1.54, 1.807) is 10.7 Å². The molecule has 0 aliphatic carbocycles. The molecule has 0 saturated carbocycles. The lowest BCUT2D eigenvalue weighted by molar-refractivity contribution is 0.876. The van der Waals surface area contributed by atoms with Crippen LogP contribution in [0.2, 0.25) is 0 Å². The van der Waals surface area contributed by atoms with Gasteiger partial charge in [-0.15, -0.1) is 0 Å². The van der Waals surface area contributed by atoms with Crippen molar-refractivity contribution in [3.63, 3.8) is 0 Å². The van der Waals surface area contributed by atoms with Crippen molar-refractivity contribution in [2.24, 2.45) is 0 Å². The van der Waals surface area contributed by atoms with Crippen LogP contribution in [-0.4, -0.2) is 9.78 Å². The highest BCUT2D eigenvalue weighted by atomic mass is 127. The number of nitrogens with zero attached hydrogens (tertiary/aromatic N) is 2. The highest BCUT2D eigenvalue weighted by Gasteiger charge is 2.04. The summed E-state index contributed by atoms with van der Waals surface area (Å²) >= 11 is 2.31. The normalized spacial score (nSPS) is 10.4. The Morgan fingerprint density at radius 3 is 2.79 bits per heavy atom. The second kappa shape index (κ2) is 3.61. The fraction of sp³-hybridized carbons (Fsp3) is 0.100. The van der Waals surface area contributed by atoms with E-state index in [0.717, 1.165) is 5.69 Å². The second-order valence-electron chi connectivity index (χ2n) is 3.07. The van der Waals surface area contributed by atoms with E-state index in [2.05, 4.69) is 40.7 Å². The van der Waals surface area contributed by atoms with Crippen molar-refractivity contribution in [3.05, 3.63) is 39.6 Å². The molecule has 0 spiro atoms. The quantitative estimate of drug-likeness (QED) is 0.822. The first-order valence-corrected chi connectivity index (χ1v) is 5.33. The van der Waals surface area contributed by atoms with Crippen molar-refractivity contribution in [1.82, 2.24) is 9.78 Å². The number of benzene rings is 1. The minimum absolute atomic E-state index is 0.545. The Kier molecular flexibility index (Phi) is 2.45. The minimum Gasteiger partial charge on any atom is -0.382 e. The summed E-state index contributed by atoms with van der Waals surface area (Å²) in [5, 5.41) is 4.17. The van der Waals surface area contributed by atoms with Gasteiger partial charge in [-0.25, -0.2) is 4.68 Å². The monoisotopic (exact) mass is 299 g/mol. The maximum atomic E-state index is 5.57. The highest BCUT2D eigenvalue weighted by molar-refractivity contribution is 14.1. The van der Waals surface area contributed by atoms with E-state index in [1.165, 1.54) is 9.13 Å². The first kappa shape index (κ1) is 9.51. The average molecular weight is 299 g/mol. The zero-order valence-corrected chi connectivity index (χ0v) is 9.89. The van der Waals surface area contributed by atoms with Crippen LogP contribution in [0.5, 0.6) is 0 Å². The fourth-order valence-corrected chi connectivity index (χ4v) is 1.80. The van der Waals surface area contributed by atoms with Gasteiger partial charge in [0, 0.05) is 15.8 Å². The molecule has 1 aromatic heterocycles. The smallest absolute Gasteiger partial charge is 0.145 e. The lowest BCUT2D eigenvalue weighted by Crippen LogP contribution is -1.99. The molecule has 3 nitrogen and oxygen atoms in total. The van der Waals surface area contributed by atoms with E-state index < -0.39 is 0 Å². The van der Waals surface area contributed by atoms with Gasteiger partial charge in [0.15, 0.2) is 0 Å². The van der Waals surface area contributed by atoms with Crippen molar-refractivity contribution in [3.8, 4) is 5.69 Å². The molecule has 0 fully saturated rings. The van der Waals surface area contributed by atoms with Gasteiger partial charge in [0.05, 0.1) is 5.69 Å². The number of nitrogen functional groups attached to an aromatic ring is 1. The zero-order chi connectivity index (χ0) is 10.1. The molecule has 2 aromatic rings. The molecule has 0 unspecified atom stereocenters. The van der Waals surface area contributed by atoms with Crippen LogP contribution in [0, 0.1) is 10.5 Å². The predicted molar refractivity (Wildman–Crippen MR) is 65.4 cm³/mol. The summed E-state index contributed by atoms with van der Waals surface area (Å²) in [6.45, 7) is 2.08. The van der Waals surface area contributed by atoms with Gasteiger partial charge in [-0.1, -0.05) is 6.07 Å². The molecule has 0 atom stereocenters. The number of aromatic nitrogens is 2. The molecule has 0 bridgehead atoms. The third-order valence-electron chi connectivity index (χ3n) is 2.10. The van der Waals surface area contributed by atoms with Gasteiger partial charge in [-0.05, 0) is 47.2 Å². The maximum Gasteiger partial charge on any atom is 0.145 e. The van der Waals surface area contributed by atoms with Gasteiger partial charge in [-0.2, -0.15) is 5.10 Å². The Hall–Kier alpha value is -1.04. The van der Waals surface area contributed by atoms with Crippen molar-refractivity contribution in [2.75, 3.05) is 5.73 Å². The molecule has 2 rings (SSSR count). The molecule has 0 saturated heterocycles. The van der Waals surface area contributed by atoms with Gasteiger partial charge in [0.1, 0.15) is 5.82 Å². The van der Waals surface area contributed by atoms with Crippen LogP contribution in [0.1, 0.15) is 5.56 Å². The topological polar surface area (TPSA) is 43.8 Å². The van der Waals surface area contributed by atoms with Gasteiger partial charge in [0.25, 0.3) is 0 Å². The largest absolute Gasteiger partial charge is 0.382 e. The third kappa shape index (κ3) is 1.61. The number of rotatable bonds is 1. The lowest BCUT2D eigenvalue weighted by atomic mass is 10.2. The Morgan fingerprint density at radius 1 is 1.36 bits per heavy atom. The SMILES string of the molecule is Cc1c(I)cccc1-n1ccc(N)n1. The lowest BCUT2D eigenvalue weighted by Gasteiger charge is -2.06. The summed E-state index contributed by atoms with van der Waals surface area (Å²) in [5.41, 5.74) is 7.87. The predicted octanol–water partition coefficient (Wildman–Crippen LogP) is 2.37. The van der Waals surface area contributed by atoms with Crippen molar-refractivity contribution >= 4 is 28.4 Å². The Labute approximate surface area is 96.1 Å². The highest BCUT2D eigenvalue weighted by Crippen LogP contribution is 2.19. The molecule has 1 aromatic carbocycles. The summed E-state index contributed by atoms with van der Waals surface area (Å²) in [5.74, 6) is 0.545. The maximum absolute atomic E-state index is 5.57. The molecule has 0 radical (unpaired) electrons. The summed E-state index contributed by atoms with van der Waals surface area (Å²) in [7, 11) is 0. The van der Waals surface area contributed by atoms with Crippen LogP contribution in [0.25, 0.3) is 5.69 Å². The van der Waals surface area contributed by atoms with E-state index in [0.29, 0.717) is 5.82 Å². The summed E-state index contributed by atoms with van der Waals surface area (Å²) in [4.78, 5) is 0. The van der Waals surface area contributed by atoms with E-state index in [9.17, 15) is 0 Å². The number of hydrogen-bond acceptors (Lipinski definition) is 2. The average Bonchev–Trinajstić information content (AvgIpc) is 2.57. The molecule has 14 heavy (non-hydrogen) atoms. The second-order valence-corrected chi connectivity index (χ2v) is 4.23. The number of halogens is 1.